The Morgan fingerprint density at radius 1 is 1.21 bits per heavy atom. The van der Waals surface area contributed by atoms with Gasteiger partial charge in [0.25, 0.3) is 5.91 Å². The minimum atomic E-state index is -0.235. The first kappa shape index (κ1) is 25.0. The van der Waals surface area contributed by atoms with E-state index in [1.54, 1.807) is 18.2 Å². The highest BCUT2D eigenvalue weighted by molar-refractivity contribution is 6.30. The zero-order valence-electron chi connectivity index (χ0n) is 20.1. The maximum Gasteiger partial charge on any atom is 0.286 e. The van der Waals surface area contributed by atoms with Crippen molar-refractivity contribution in [2.45, 2.75) is 51.2 Å². The molecule has 1 aromatic carbocycles. The molecule has 3 fully saturated rings. The Morgan fingerprint density at radius 3 is 2.71 bits per heavy atom. The molecule has 7 nitrogen and oxygen atoms in total. The van der Waals surface area contributed by atoms with Gasteiger partial charge in [-0.15, -0.1) is 0 Å². The third kappa shape index (κ3) is 6.74. The average molecular weight is 489 g/mol. The number of rotatable bonds is 8. The van der Waals surface area contributed by atoms with E-state index in [0.717, 1.165) is 57.5 Å². The van der Waals surface area contributed by atoms with Gasteiger partial charge in [0.2, 0.25) is 5.91 Å². The molecule has 1 aromatic rings. The molecule has 2 saturated heterocycles. The van der Waals surface area contributed by atoms with E-state index in [0.29, 0.717) is 23.7 Å². The van der Waals surface area contributed by atoms with E-state index in [-0.39, 0.29) is 29.9 Å². The molecular weight excluding hydrogens is 452 g/mol. The van der Waals surface area contributed by atoms with Gasteiger partial charge in [-0.1, -0.05) is 30.7 Å². The van der Waals surface area contributed by atoms with Crippen LogP contribution in [0.5, 0.6) is 0 Å². The highest BCUT2D eigenvalue weighted by Gasteiger charge is 2.40. The van der Waals surface area contributed by atoms with Crippen LogP contribution in [0.25, 0.3) is 6.08 Å². The van der Waals surface area contributed by atoms with Crippen molar-refractivity contribution >= 4 is 29.5 Å². The maximum absolute atomic E-state index is 12.7. The SMILES string of the molecule is CCCN1CCN(CCCNC(=O)C2CCC3O/C(=C\c4cccc(Cl)c4)C(=O)NC3C2)CC1. The molecule has 8 heteroatoms. The van der Waals surface area contributed by atoms with E-state index in [1.807, 2.05) is 12.1 Å². The summed E-state index contributed by atoms with van der Waals surface area (Å²) in [6.45, 7) is 9.69. The van der Waals surface area contributed by atoms with E-state index in [2.05, 4.69) is 27.4 Å². The lowest BCUT2D eigenvalue weighted by Gasteiger charge is -2.39. The quantitative estimate of drug-likeness (QED) is 0.435. The number of carbonyl (C=O) groups is 2. The lowest BCUT2D eigenvalue weighted by atomic mass is 9.82. The summed E-state index contributed by atoms with van der Waals surface area (Å²) in [5.41, 5.74) is 0.826. The number of morpholine rings is 1. The highest BCUT2D eigenvalue weighted by atomic mass is 35.5. The van der Waals surface area contributed by atoms with Crippen molar-refractivity contribution in [3.05, 3.63) is 40.6 Å². The third-order valence-electron chi connectivity index (χ3n) is 7.08. The fourth-order valence-electron chi connectivity index (χ4n) is 5.19. The number of amides is 2. The molecule has 34 heavy (non-hydrogen) atoms. The Labute approximate surface area is 207 Å². The minimum Gasteiger partial charge on any atom is -0.483 e. The van der Waals surface area contributed by atoms with Crippen molar-refractivity contribution in [3.63, 3.8) is 0 Å². The Kier molecular flexibility index (Phi) is 8.86. The lowest BCUT2D eigenvalue weighted by molar-refractivity contribution is -0.134. The molecular formula is C26H37ClN4O3. The molecule has 186 valence electrons. The van der Waals surface area contributed by atoms with Gasteiger partial charge in [0.1, 0.15) is 6.10 Å². The predicted octanol–water partition coefficient (Wildman–Crippen LogP) is 2.90. The van der Waals surface area contributed by atoms with Crippen LogP contribution in [-0.4, -0.2) is 79.6 Å². The number of nitrogens with one attached hydrogen (secondary N) is 2. The molecule has 0 aromatic heterocycles. The first-order chi connectivity index (χ1) is 16.5. The molecule has 3 aliphatic rings. The number of ether oxygens (including phenoxy) is 1. The summed E-state index contributed by atoms with van der Waals surface area (Å²) in [5.74, 6) is 0.0881. The monoisotopic (exact) mass is 488 g/mol. The van der Waals surface area contributed by atoms with Crippen LogP contribution >= 0.6 is 11.6 Å². The van der Waals surface area contributed by atoms with E-state index in [9.17, 15) is 9.59 Å². The molecule has 4 rings (SSSR count). The first-order valence-electron chi connectivity index (χ1n) is 12.7. The Hall–Kier alpha value is -2.09. The summed E-state index contributed by atoms with van der Waals surface area (Å²) in [6.07, 6.45) is 5.94. The highest BCUT2D eigenvalue weighted by Crippen LogP contribution is 2.31. The van der Waals surface area contributed by atoms with Gasteiger partial charge in [-0.2, -0.15) is 0 Å². The van der Waals surface area contributed by atoms with Crippen molar-refractivity contribution in [2.75, 3.05) is 45.8 Å². The van der Waals surface area contributed by atoms with Crippen LogP contribution in [0.1, 0.15) is 44.6 Å². The van der Waals surface area contributed by atoms with Crippen LogP contribution in [0.3, 0.4) is 0 Å². The number of hydrogen-bond acceptors (Lipinski definition) is 5. The zero-order chi connectivity index (χ0) is 23.9. The van der Waals surface area contributed by atoms with Gasteiger partial charge >= 0.3 is 0 Å². The summed E-state index contributed by atoms with van der Waals surface area (Å²) in [5, 5.41) is 6.79. The van der Waals surface area contributed by atoms with Gasteiger partial charge in [-0.25, -0.2) is 0 Å². The molecule has 3 unspecified atom stereocenters. The molecule has 2 aliphatic heterocycles. The molecule has 0 radical (unpaired) electrons. The topological polar surface area (TPSA) is 73.9 Å². The second-order valence-electron chi connectivity index (χ2n) is 9.64. The zero-order valence-corrected chi connectivity index (χ0v) is 20.9. The lowest BCUT2D eigenvalue weighted by Crippen LogP contribution is -2.54. The molecule has 0 bridgehead atoms. The number of fused-ring (bicyclic) bond motifs is 1. The van der Waals surface area contributed by atoms with Gasteiger partial charge in [-0.05, 0) is 69.0 Å². The predicted molar refractivity (Wildman–Crippen MR) is 134 cm³/mol. The van der Waals surface area contributed by atoms with Crippen molar-refractivity contribution < 1.29 is 14.3 Å². The van der Waals surface area contributed by atoms with Gasteiger partial charge in [0.15, 0.2) is 5.76 Å². The van der Waals surface area contributed by atoms with Crippen molar-refractivity contribution in [3.8, 4) is 0 Å². The second kappa shape index (κ2) is 12.0. The minimum absolute atomic E-state index is 0.0822. The summed E-state index contributed by atoms with van der Waals surface area (Å²) < 4.78 is 6.03. The summed E-state index contributed by atoms with van der Waals surface area (Å²) in [6, 6.07) is 7.19. The van der Waals surface area contributed by atoms with E-state index < -0.39 is 0 Å². The summed E-state index contributed by atoms with van der Waals surface area (Å²) >= 11 is 6.04. The van der Waals surface area contributed by atoms with Crippen molar-refractivity contribution in [1.29, 1.82) is 0 Å². The summed E-state index contributed by atoms with van der Waals surface area (Å²) in [4.78, 5) is 30.4. The van der Waals surface area contributed by atoms with Gasteiger partial charge in [0.05, 0.1) is 6.04 Å². The van der Waals surface area contributed by atoms with Crippen molar-refractivity contribution in [2.24, 2.45) is 5.92 Å². The van der Waals surface area contributed by atoms with E-state index in [1.165, 1.54) is 13.0 Å². The Morgan fingerprint density at radius 2 is 1.97 bits per heavy atom. The largest absolute Gasteiger partial charge is 0.483 e. The second-order valence-corrected chi connectivity index (χ2v) is 10.1. The molecule has 1 aliphatic carbocycles. The smallest absolute Gasteiger partial charge is 0.286 e. The van der Waals surface area contributed by atoms with Gasteiger partial charge < -0.3 is 25.2 Å². The van der Waals surface area contributed by atoms with Crippen LogP contribution in [0.4, 0.5) is 0 Å². The number of nitrogens with zero attached hydrogens (tertiary/aromatic N) is 2. The number of hydrogen-bond donors (Lipinski definition) is 2. The standard InChI is InChI=1S/C26H37ClN4O3/c1-2-10-30-12-14-31(15-13-30)11-4-9-28-25(32)20-7-8-23-22(18-20)29-26(33)24(34-23)17-19-5-3-6-21(27)16-19/h3,5-6,16-17,20,22-23H,2,4,7-15,18H2,1H3,(H,28,32)(H,29,33)/b24-17-. The van der Waals surface area contributed by atoms with Gasteiger partial charge in [0, 0.05) is 43.7 Å². The van der Waals surface area contributed by atoms with E-state index in [4.69, 9.17) is 16.3 Å². The normalized spacial score (nSPS) is 27.1. The van der Waals surface area contributed by atoms with Crippen LogP contribution in [0.15, 0.2) is 30.0 Å². The number of carbonyl (C=O) groups excluding carboxylic acids is 2. The van der Waals surface area contributed by atoms with Gasteiger partial charge in [-0.3, -0.25) is 9.59 Å². The molecule has 2 amide bonds. The van der Waals surface area contributed by atoms with Crippen molar-refractivity contribution in [1.82, 2.24) is 20.4 Å². The van der Waals surface area contributed by atoms with Crippen LogP contribution in [-0.2, 0) is 14.3 Å². The average Bonchev–Trinajstić information content (AvgIpc) is 2.83. The molecule has 1 saturated carbocycles. The number of benzene rings is 1. The fourth-order valence-corrected chi connectivity index (χ4v) is 5.39. The summed E-state index contributed by atoms with van der Waals surface area (Å²) in [7, 11) is 0. The Balaban J connectivity index is 1.18. The first-order valence-corrected chi connectivity index (χ1v) is 13.1. The van der Waals surface area contributed by atoms with E-state index >= 15 is 0 Å². The number of halogens is 1. The number of piperazine rings is 1. The van der Waals surface area contributed by atoms with Crippen LogP contribution < -0.4 is 10.6 Å². The fraction of sp³-hybridized carbons (Fsp3) is 0.615. The molecule has 2 heterocycles. The van der Waals surface area contributed by atoms with Crippen LogP contribution in [0, 0.1) is 5.92 Å². The van der Waals surface area contributed by atoms with Crippen LogP contribution in [0.2, 0.25) is 5.02 Å². The molecule has 3 atom stereocenters. The maximum atomic E-state index is 12.7. The Bertz CT molecular complexity index is 885. The third-order valence-corrected chi connectivity index (χ3v) is 7.31. The molecule has 0 spiro atoms. The molecule has 2 N–H and O–H groups in total.